The van der Waals surface area contributed by atoms with Crippen LogP contribution in [-0.2, 0) is 0 Å². The van der Waals surface area contributed by atoms with Gasteiger partial charge < -0.3 is 4.42 Å². The predicted octanol–water partition coefficient (Wildman–Crippen LogP) is 11.9. The van der Waals surface area contributed by atoms with Gasteiger partial charge >= 0.3 is 0 Å². The lowest BCUT2D eigenvalue weighted by molar-refractivity contribution is 0.670. The number of hydrogen-bond acceptors (Lipinski definition) is 4. The molecule has 4 nitrogen and oxygen atoms in total. The summed E-state index contributed by atoms with van der Waals surface area (Å²) in [4.78, 5) is 14.5. The van der Waals surface area contributed by atoms with Crippen LogP contribution in [0.5, 0.6) is 0 Å². The van der Waals surface area contributed by atoms with Crippen LogP contribution in [-0.4, -0.2) is 15.0 Å². The molecule has 0 amide bonds. The minimum Gasteiger partial charge on any atom is -0.455 e. The van der Waals surface area contributed by atoms with Crippen molar-refractivity contribution in [2.24, 2.45) is 0 Å². The Labute approximate surface area is 291 Å². The molecule has 0 aliphatic carbocycles. The fourth-order valence-electron chi connectivity index (χ4n) is 6.78. The molecule has 0 aliphatic rings. The molecule has 10 rings (SSSR count). The van der Waals surface area contributed by atoms with Gasteiger partial charge in [-0.25, -0.2) is 15.0 Å². The Morgan fingerprint density at radius 1 is 0.429 bits per heavy atom. The van der Waals surface area contributed by atoms with Gasteiger partial charge in [0, 0.05) is 33.0 Å². The van der Waals surface area contributed by atoms with E-state index in [0.29, 0.717) is 33.1 Å². The highest BCUT2D eigenvalue weighted by Gasteiger charge is 2.22. The number of benzene rings is 8. The standard InChI is InChI=1S/C45H27N3O/c1-2-13-29(14-3-1)43-46-44(32-23-22-28-12-4-5-15-30(28)26-32)48-45(47-43)38-25-24-36(42-41(38)37-20-10-11-21-40(37)49-42)39-27-31-16-6-7-17-33(31)34-18-8-9-19-35(34)39/h1-27H/i1D,2D,3D,10D,13D,14D,25D. The topological polar surface area (TPSA) is 51.8 Å². The van der Waals surface area contributed by atoms with E-state index in [2.05, 4.69) is 30.3 Å². The normalized spacial score (nSPS) is 13.7. The molecular weight excluding hydrogens is 599 g/mol. The fraction of sp³-hybridized carbons (Fsp3) is 0. The van der Waals surface area contributed by atoms with E-state index in [4.69, 9.17) is 27.6 Å². The van der Waals surface area contributed by atoms with Gasteiger partial charge in [0.05, 0.1) is 9.60 Å². The fourth-order valence-corrected chi connectivity index (χ4v) is 6.78. The summed E-state index contributed by atoms with van der Waals surface area (Å²) in [6.45, 7) is 0. The van der Waals surface area contributed by atoms with E-state index in [1.54, 1.807) is 24.3 Å². The number of para-hydroxylation sites is 1. The second-order valence-corrected chi connectivity index (χ2v) is 11.9. The van der Waals surface area contributed by atoms with Crippen LogP contribution < -0.4 is 0 Å². The van der Waals surface area contributed by atoms with Gasteiger partial charge in [-0.1, -0.05) is 133 Å². The third kappa shape index (κ3) is 4.49. The number of nitrogens with zero attached hydrogens (tertiary/aromatic N) is 3. The molecule has 0 unspecified atom stereocenters. The summed E-state index contributed by atoms with van der Waals surface area (Å²) < 4.78 is 67.6. The van der Waals surface area contributed by atoms with Crippen molar-refractivity contribution in [3.63, 3.8) is 0 Å². The number of furan rings is 1. The van der Waals surface area contributed by atoms with Crippen molar-refractivity contribution >= 4 is 54.3 Å². The van der Waals surface area contributed by atoms with E-state index >= 15 is 0 Å². The van der Waals surface area contributed by atoms with Crippen molar-refractivity contribution in [1.29, 1.82) is 0 Å². The average molecular weight is 633 g/mol. The monoisotopic (exact) mass is 632 g/mol. The number of hydrogen-bond donors (Lipinski definition) is 0. The Kier molecular flexibility index (Phi) is 4.76. The molecule has 228 valence electrons. The van der Waals surface area contributed by atoms with Crippen LogP contribution in [0.4, 0.5) is 0 Å². The van der Waals surface area contributed by atoms with Gasteiger partial charge in [-0.05, 0) is 68.2 Å². The molecule has 4 heteroatoms. The van der Waals surface area contributed by atoms with Crippen LogP contribution in [0.2, 0.25) is 0 Å². The van der Waals surface area contributed by atoms with Crippen LogP contribution in [0.25, 0.3) is 99.5 Å². The van der Waals surface area contributed by atoms with Gasteiger partial charge in [-0.2, -0.15) is 0 Å². The Morgan fingerprint density at radius 3 is 2.00 bits per heavy atom. The van der Waals surface area contributed by atoms with Crippen molar-refractivity contribution < 1.29 is 14.0 Å². The predicted molar refractivity (Wildman–Crippen MR) is 201 cm³/mol. The quantitative estimate of drug-likeness (QED) is 0.181. The maximum Gasteiger partial charge on any atom is 0.164 e. The molecule has 0 N–H and O–H groups in total. The van der Waals surface area contributed by atoms with Crippen molar-refractivity contribution in [2.75, 3.05) is 0 Å². The van der Waals surface area contributed by atoms with Gasteiger partial charge in [0.1, 0.15) is 11.2 Å². The van der Waals surface area contributed by atoms with E-state index in [-0.39, 0.29) is 40.7 Å². The molecule has 8 aromatic carbocycles. The van der Waals surface area contributed by atoms with Gasteiger partial charge in [0.2, 0.25) is 0 Å². The minimum atomic E-state index is -0.532. The van der Waals surface area contributed by atoms with Crippen LogP contribution in [0.3, 0.4) is 0 Å². The summed E-state index contributed by atoms with van der Waals surface area (Å²) >= 11 is 0. The minimum absolute atomic E-state index is 0.0490. The average Bonchev–Trinajstić information content (AvgIpc) is 3.59. The molecule has 49 heavy (non-hydrogen) atoms. The van der Waals surface area contributed by atoms with Crippen molar-refractivity contribution in [3.05, 3.63) is 164 Å². The van der Waals surface area contributed by atoms with Crippen LogP contribution in [0.1, 0.15) is 9.60 Å². The second-order valence-electron chi connectivity index (χ2n) is 11.9. The molecule has 0 atom stereocenters. The highest BCUT2D eigenvalue weighted by molar-refractivity contribution is 6.20. The Morgan fingerprint density at radius 2 is 1.14 bits per heavy atom. The summed E-state index contributed by atoms with van der Waals surface area (Å²) in [7, 11) is 0. The molecule has 2 aromatic heterocycles. The smallest absolute Gasteiger partial charge is 0.164 e. The summed E-state index contributed by atoms with van der Waals surface area (Å²) in [5.41, 5.74) is 3.21. The first-order valence-electron chi connectivity index (χ1n) is 19.4. The van der Waals surface area contributed by atoms with E-state index in [0.717, 1.165) is 37.9 Å². The first-order valence-corrected chi connectivity index (χ1v) is 15.9. The first kappa shape index (κ1) is 21.3. The van der Waals surface area contributed by atoms with E-state index in [9.17, 15) is 1.37 Å². The first-order chi connectivity index (χ1) is 27.2. The molecule has 0 saturated heterocycles. The molecule has 0 aliphatic heterocycles. The van der Waals surface area contributed by atoms with E-state index in [1.165, 1.54) is 0 Å². The number of aromatic nitrogens is 3. The number of fused-ring (bicyclic) bond motifs is 7. The van der Waals surface area contributed by atoms with Crippen LogP contribution >= 0.6 is 0 Å². The summed E-state index contributed by atoms with van der Waals surface area (Å²) in [5, 5.41) is 7.17. The Bertz CT molecular complexity index is 3280. The van der Waals surface area contributed by atoms with Crippen molar-refractivity contribution in [2.45, 2.75) is 0 Å². The van der Waals surface area contributed by atoms with Crippen LogP contribution in [0, 0.1) is 0 Å². The molecule has 0 spiro atoms. The second kappa shape index (κ2) is 11.0. The zero-order valence-electron chi connectivity index (χ0n) is 32.8. The molecular formula is C45H27N3O. The van der Waals surface area contributed by atoms with Crippen molar-refractivity contribution in [3.8, 4) is 45.3 Å². The van der Waals surface area contributed by atoms with Gasteiger partial charge in [0.25, 0.3) is 0 Å². The highest BCUT2D eigenvalue weighted by Crippen LogP contribution is 2.44. The van der Waals surface area contributed by atoms with E-state index in [1.807, 2.05) is 66.7 Å². The summed E-state index contributed by atoms with van der Waals surface area (Å²) in [6, 6.07) is 36.6. The van der Waals surface area contributed by atoms with E-state index < -0.39 is 30.2 Å². The molecule has 10 aromatic rings. The molecule has 2 heterocycles. The SMILES string of the molecule is [2H]c1ccc2oc3c(-c4cc5ccccc5c5ccccc45)cc([2H])c(-c4nc(-c5ccc6ccccc6c5)nc(-c5c([2H])c([2H])c([2H])c([2H])c5[2H])n4)c3c2c1. The maximum absolute atomic E-state index is 9.71. The third-order valence-corrected chi connectivity index (χ3v) is 9.04. The summed E-state index contributed by atoms with van der Waals surface area (Å²) in [6.07, 6.45) is 0. The third-order valence-electron chi connectivity index (χ3n) is 9.04. The molecule has 0 bridgehead atoms. The zero-order valence-corrected chi connectivity index (χ0v) is 25.8. The number of rotatable bonds is 4. The summed E-state index contributed by atoms with van der Waals surface area (Å²) in [5.74, 6) is 0.1000. The van der Waals surface area contributed by atoms with Crippen LogP contribution in [0.15, 0.2) is 168 Å². The lowest BCUT2D eigenvalue weighted by atomic mass is 9.91. The Balaban J connectivity index is 1.32. The maximum atomic E-state index is 9.71. The Hall–Kier alpha value is -6.65. The van der Waals surface area contributed by atoms with Gasteiger partial charge in [-0.15, -0.1) is 0 Å². The molecule has 0 saturated carbocycles. The lowest BCUT2D eigenvalue weighted by Crippen LogP contribution is -2.00. The van der Waals surface area contributed by atoms with Gasteiger partial charge in [0.15, 0.2) is 17.5 Å². The lowest BCUT2D eigenvalue weighted by Gasteiger charge is -2.13. The zero-order chi connectivity index (χ0) is 38.4. The highest BCUT2D eigenvalue weighted by atomic mass is 16.3. The van der Waals surface area contributed by atoms with Gasteiger partial charge in [-0.3, -0.25) is 0 Å². The molecule has 0 radical (unpaired) electrons. The molecule has 0 fully saturated rings. The largest absolute Gasteiger partial charge is 0.455 e. The van der Waals surface area contributed by atoms with Crippen molar-refractivity contribution in [1.82, 2.24) is 15.0 Å².